The lowest BCUT2D eigenvalue weighted by atomic mass is 10.0. The van der Waals surface area contributed by atoms with Crippen LogP contribution in [-0.4, -0.2) is 18.8 Å². The normalized spacial score (nSPS) is 10.4. The fourth-order valence-corrected chi connectivity index (χ4v) is 3.16. The van der Waals surface area contributed by atoms with Crippen LogP contribution in [0.2, 0.25) is 0 Å². The second-order valence-corrected chi connectivity index (χ2v) is 6.22. The smallest absolute Gasteiger partial charge is 0.234 e. The topological polar surface area (TPSA) is 38.3 Å². The highest BCUT2D eigenvalue weighted by atomic mass is 32.2. The average molecular weight is 329 g/mol. The zero-order chi connectivity index (χ0) is 16.7. The number of ether oxygens (including phenoxy) is 1. The fourth-order valence-electron chi connectivity index (χ4n) is 2.42. The van der Waals surface area contributed by atoms with Crippen molar-refractivity contribution in [2.75, 3.05) is 18.2 Å². The molecule has 0 spiro atoms. The predicted octanol–water partition coefficient (Wildman–Crippen LogP) is 4.55. The maximum atomic E-state index is 12.3. The van der Waals surface area contributed by atoms with Crippen molar-refractivity contribution in [1.29, 1.82) is 0 Å². The Bertz CT molecular complexity index is 648. The Morgan fingerprint density at radius 2 is 1.74 bits per heavy atom. The Morgan fingerprint density at radius 3 is 2.35 bits per heavy atom. The summed E-state index contributed by atoms with van der Waals surface area (Å²) in [7, 11) is 1.64. The molecule has 2 aromatic rings. The molecule has 0 heterocycles. The van der Waals surface area contributed by atoms with Crippen molar-refractivity contribution in [3.05, 3.63) is 53.6 Å². The Hall–Kier alpha value is -1.94. The molecule has 0 bridgehead atoms. The third-order valence-corrected chi connectivity index (χ3v) is 4.67. The highest BCUT2D eigenvalue weighted by Gasteiger charge is 2.10. The van der Waals surface area contributed by atoms with Crippen molar-refractivity contribution in [2.45, 2.75) is 31.6 Å². The summed E-state index contributed by atoms with van der Waals surface area (Å²) >= 11 is 1.51. The molecule has 0 fully saturated rings. The van der Waals surface area contributed by atoms with Crippen molar-refractivity contribution in [3.63, 3.8) is 0 Å². The Balaban J connectivity index is 2.02. The van der Waals surface area contributed by atoms with Crippen LogP contribution in [0.3, 0.4) is 0 Å². The van der Waals surface area contributed by atoms with Gasteiger partial charge in [0.15, 0.2) is 0 Å². The number of rotatable bonds is 7. The van der Waals surface area contributed by atoms with E-state index in [1.807, 2.05) is 24.3 Å². The van der Waals surface area contributed by atoms with Crippen LogP contribution < -0.4 is 10.1 Å². The highest BCUT2D eigenvalue weighted by molar-refractivity contribution is 8.00. The minimum atomic E-state index is 0.0217. The Morgan fingerprint density at radius 1 is 1.09 bits per heavy atom. The highest BCUT2D eigenvalue weighted by Crippen LogP contribution is 2.25. The summed E-state index contributed by atoms with van der Waals surface area (Å²) < 4.78 is 5.20. The van der Waals surface area contributed by atoms with Gasteiger partial charge in [-0.2, -0.15) is 0 Å². The largest absolute Gasteiger partial charge is 0.497 e. The number of carbonyl (C=O) groups excluding carboxylic acids is 1. The molecule has 0 unspecified atom stereocenters. The van der Waals surface area contributed by atoms with Gasteiger partial charge in [-0.25, -0.2) is 0 Å². The lowest BCUT2D eigenvalue weighted by Gasteiger charge is -2.14. The predicted molar refractivity (Wildman–Crippen MR) is 97.5 cm³/mol. The molecule has 0 aliphatic rings. The first-order valence-electron chi connectivity index (χ1n) is 7.85. The quantitative estimate of drug-likeness (QED) is 0.757. The first-order chi connectivity index (χ1) is 11.2. The molecule has 0 saturated carbocycles. The zero-order valence-corrected chi connectivity index (χ0v) is 14.7. The third kappa shape index (κ3) is 4.76. The van der Waals surface area contributed by atoms with Crippen LogP contribution in [0.1, 0.15) is 25.0 Å². The molecule has 3 nitrogen and oxygen atoms in total. The summed E-state index contributed by atoms with van der Waals surface area (Å²) in [6.45, 7) is 4.21. The van der Waals surface area contributed by atoms with Crippen LogP contribution in [0.5, 0.6) is 5.75 Å². The zero-order valence-electron chi connectivity index (χ0n) is 13.9. The third-order valence-electron chi connectivity index (χ3n) is 3.67. The van der Waals surface area contributed by atoms with Gasteiger partial charge in [0, 0.05) is 10.6 Å². The van der Waals surface area contributed by atoms with Gasteiger partial charge in [0.1, 0.15) is 5.75 Å². The molecule has 0 atom stereocenters. The van der Waals surface area contributed by atoms with E-state index in [1.165, 1.54) is 22.9 Å². The molecule has 2 aromatic carbocycles. The molecule has 0 aliphatic carbocycles. The summed E-state index contributed by atoms with van der Waals surface area (Å²) in [5.41, 5.74) is 3.35. The minimum Gasteiger partial charge on any atom is -0.497 e. The number of para-hydroxylation sites is 1. The van der Waals surface area contributed by atoms with Gasteiger partial charge in [0.2, 0.25) is 5.91 Å². The van der Waals surface area contributed by atoms with E-state index in [1.54, 1.807) is 7.11 Å². The van der Waals surface area contributed by atoms with E-state index in [-0.39, 0.29) is 5.91 Å². The fraction of sp³-hybridized carbons (Fsp3) is 0.316. The van der Waals surface area contributed by atoms with Gasteiger partial charge in [0.05, 0.1) is 12.9 Å². The van der Waals surface area contributed by atoms with Crippen molar-refractivity contribution in [1.82, 2.24) is 0 Å². The molecule has 0 aromatic heterocycles. The van der Waals surface area contributed by atoms with Gasteiger partial charge >= 0.3 is 0 Å². The van der Waals surface area contributed by atoms with Gasteiger partial charge in [-0.1, -0.05) is 38.1 Å². The number of hydrogen-bond acceptors (Lipinski definition) is 3. The van der Waals surface area contributed by atoms with Crippen LogP contribution in [0.15, 0.2) is 47.4 Å². The molecule has 23 heavy (non-hydrogen) atoms. The SMILES string of the molecule is CCc1cccc(CC)c1NC(=O)CSc1cccc(OC)c1. The number of amides is 1. The van der Waals surface area contributed by atoms with Crippen LogP contribution >= 0.6 is 11.8 Å². The number of anilines is 1. The Labute approximate surface area is 142 Å². The monoisotopic (exact) mass is 329 g/mol. The van der Waals surface area contributed by atoms with Gasteiger partial charge < -0.3 is 10.1 Å². The number of hydrogen-bond donors (Lipinski definition) is 1. The second-order valence-electron chi connectivity index (χ2n) is 5.17. The summed E-state index contributed by atoms with van der Waals surface area (Å²) in [5, 5.41) is 3.09. The molecule has 2 rings (SSSR count). The van der Waals surface area contributed by atoms with Crippen molar-refractivity contribution in [2.24, 2.45) is 0 Å². The number of carbonyl (C=O) groups is 1. The molecule has 122 valence electrons. The average Bonchev–Trinajstić information content (AvgIpc) is 2.60. The first-order valence-corrected chi connectivity index (χ1v) is 8.84. The molecule has 1 N–H and O–H groups in total. The standard InChI is InChI=1S/C19H23NO2S/c1-4-14-8-6-9-15(5-2)19(14)20-18(21)13-23-17-11-7-10-16(12-17)22-3/h6-12H,4-5,13H2,1-3H3,(H,20,21). The lowest BCUT2D eigenvalue weighted by molar-refractivity contribution is -0.113. The van der Waals surface area contributed by atoms with Crippen molar-refractivity contribution < 1.29 is 9.53 Å². The number of benzene rings is 2. The molecular formula is C19H23NO2S. The van der Waals surface area contributed by atoms with Gasteiger partial charge in [-0.05, 0) is 42.2 Å². The van der Waals surface area contributed by atoms with E-state index in [0.29, 0.717) is 5.75 Å². The van der Waals surface area contributed by atoms with Crippen molar-refractivity contribution >= 4 is 23.4 Å². The number of thioether (sulfide) groups is 1. The second kappa shape index (κ2) is 8.63. The summed E-state index contributed by atoms with van der Waals surface area (Å²) in [6.07, 6.45) is 1.82. The van der Waals surface area contributed by atoms with Crippen molar-refractivity contribution in [3.8, 4) is 5.75 Å². The van der Waals surface area contributed by atoms with E-state index in [2.05, 4.69) is 37.4 Å². The first kappa shape index (κ1) is 17.4. The summed E-state index contributed by atoms with van der Waals surface area (Å²) in [6, 6.07) is 14.0. The van der Waals surface area contributed by atoms with Crippen LogP contribution in [-0.2, 0) is 17.6 Å². The van der Waals surface area contributed by atoms with Gasteiger partial charge in [-0.15, -0.1) is 11.8 Å². The Kier molecular flexibility index (Phi) is 6.53. The van der Waals surface area contributed by atoms with E-state index < -0.39 is 0 Å². The van der Waals surface area contributed by atoms with E-state index in [0.717, 1.165) is 29.2 Å². The van der Waals surface area contributed by atoms with E-state index >= 15 is 0 Å². The van der Waals surface area contributed by atoms with Gasteiger partial charge in [-0.3, -0.25) is 4.79 Å². The van der Waals surface area contributed by atoms with E-state index in [4.69, 9.17) is 4.74 Å². The number of methoxy groups -OCH3 is 1. The van der Waals surface area contributed by atoms with Crippen LogP contribution in [0.25, 0.3) is 0 Å². The molecule has 0 saturated heterocycles. The molecule has 0 aliphatic heterocycles. The summed E-state index contributed by atoms with van der Waals surface area (Å²) in [5.74, 6) is 1.21. The van der Waals surface area contributed by atoms with E-state index in [9.17, 15) is 4.79 Å². The maximum Gasteiger partial charge on any atom is 0.234 e. The molecule has 1 amide bonds. The lowest BCUT2D eigenvalue weighted by Crippen LogP contribution is -2.16. The number of aryl methyl sites for hydroxylation is 2. The van der Waals surface area contributed by atoms with Gasteiger partial charge in [0.25, 0.3) is 0 Å². The summed E-state index contributed by atoms with van der Waals surface area (Å²) in [4.78, 5) is 13.3. The van der Waals surface area contributed by atoms with Crippen LogP contribution in [0.4, 0.5) is 5.69 Å². The number of nitrogens with one attached hydrogen (secondary N) is 1. The molecule has 0 radical (unpaired) electrons. The maximum absolute atomic E-state index is 12.3. The van der Waals surface area contributed by atoms with Crippen LogP contribution in [0, 0.1) is 0 Å². The molecular weight excluding hydrogens is 306 g/mol. The molecule has 4 heteroatoms. The minimum absolute atomic E-state index is 0.0217.